The summed E-state index contributed by atoms with van der Waals surface area (Å²) in [7, 11) is 0. The first-order chi connectivity index (χ1) is 15.7. The van der Waals surface area contributed by atoms with Gasteiger partial charge in [0.1, 0.15) is 12.4 Å². The predicted molar refractivity (Wildman–Crippen MR) is 122 cm³/mol. The summed E-state index contributed by atoms with van der Waals surface area (Å²) in [5.74, 6) is 0.0872. The van der Waals surface area contributed by atoms with Gasteiger partial charge in [-0.25, -0.2) is 0 Å². The maximum absolute atomic E-state index is 12.9. The molecule has 1 aromatic heterocycles. The average molecular weight is 517 g/mol. The minimum atomic E-state index is -4.47. The van der Waals surface area contributed by atoms with Gasteiger partial charge in [0, 0.05) is 6.54 Å². The first-order valence-electron chi connectivity index (χ1n) is 9.38. The highest BCUT2D eigenvalue weighted by atomic mass is 35.5. The first kappa shape index (κ1) is 24.9. The lowest BCUT2D eigenvalue weighted by Gasteiger charge is -2.11. The van der Waals surface area contributed by atoms with E-state index in [1.165, 1.54) is 12.1 Å². The van der Waals surface area contributed by atoms with E-state index in [1.54, 1.807) is 28.8 Å². The topological polar surface area (TPSA) is 69.0 Å². The summed E-state index contributed by atoms with van der Waals surface area (Å²) in [4.78, 5) is 12.3. The molecule has 2 aromatic carbocycles. The number of rotatable bonds is 9. The predicted octanol–water partition coefficient (Wildman–Crippen LogP) is 6.10. The number of carbonyl (C=O) groups is 1. The molecule has 33 heavy (non-hydrogen) atoms. The van der Waals surface area contributed by atoms with Gasteiger partial charge in [-0.05, 0) is 30.3 Å². The Balaban J connectivity index is 1.65. The molecule has 6 nitrogen and oxygen atoms in total. The van der Waals surface area contributed by atoms with Gasteiger partial charge in [0.15, 0.2) is 11.0 Å². The Morgan fingerprint density at radius 1 is 1.21 bits per heavy atom. The number of hydrogen-bond acceptors (Lipinski definition) is 5. The Bertz CT molecular complexity index is 1150. The van der Waals surface area contributed by atoms with E-state index >= 15 is 0 Å². The Morgan fingerprint density at radius 3 is 2.70 bits per heavy atom. The highest BCUT2D eigenvalue weighted by molar-refractivity contribution is 7.99. The number of carbonyl (C=O) groups excluding carboxylic acids is 1. The summed E-state index contributed by atoms with van der Waals surface area (Å²) in [6, 6.07) is 9.45. The standard InChI is InChI=1S/C21H17Cl2F3N4O2S/c1-2-9-30-17(11-32-14-6-3-5-13(10-14)21(24,25)26)28-29-20(30)33-12-18(31)27-16-8-4-7-15(22)19(16)23/h2-8,10H,1,9,11-12H2,(H,27,31). The number of alkyl halides is 3. The van der Waals surface area contributed by atoms with E-state index < -0.39 is 11.7 Å². The summed E-state index contributed by atoms with van der Waals surface area (Å²) in [6.07, 6.45) is -2.87. The maximum atomic E-state index is 12.9. The van der Waals surface area contributed by atoms with Crippen molar-refractivity contribution in [3.63, 3.8) is 0 Å². The number of hydrogen-bond donors (Lipinski definition) is 1. The molecule has 1 amide bonds. The number of allylic oxidation sites excluding steroid dienone is 1. The third-order valence-corrected chi connectivity index (χ3v) is 5.98. The van der Waals surface area contributed by atoms with Crippen LogP contribution in [0, 0.1) is 0 Å². The number of halogens is 5. The number of nitrogens with one attached hydrogen (secondary N) is 1. The van der Waals surface area contributed by atoms with Crippen LogP contribution in [0.3, 0.4) is 0 Å². The molecule has 3 rings (SSSR count). The molecule has 0 radical (unpaired) electrons. The van der Waals surface area contributed by atoms with Crippen molar-refractivity contribution in [2.75, 3.05) is 11.1 Å². The molecule has 0 unspecified atom stereocenters. The van der Waals surface area contributed by atoms with E-state index in [2.05, 4.69) is 22.1 Å². The van der Waals surface area contributed by atoms with Gasteiger partial charge in [-0.15, -0.1) is 16.8 Å². The molecule has 12 heteroatoms. The van der Waals surface area contributed by atoms with Crippen LogP contribution in [0.1, 0.15) is 11.4 Å². The van der Waals surface area contributed by atoms with Crippen molar-refractivity contribution in [3.8, 4) is 5.75 Å². The van der Waals surface area contributed by atoms with Gasteiger partial charge in [-0.1, -0.05) is 53.2 Å². The molecule has 0 aliphatic carbocycles. The van der Waals surface area contributed by atoms with Gasteiger partial charge in [0.25, 0.3) is 0 Å². The van der Waals surface area contributed by atoms with Gasteiger partial charge >= 0.3 is 6.18 Å². The summed E-state index contributed by atoms with van der Waals surface area (Å²) in [6.45, 7) is 3.89. The second kappa shape index (κ2) is 11.0. The lowest BCUT2D eigenvalue weighted by Crippen LogP contribution is -2.15. The largest absolute Gasteiger partial charge is 0.486 e. The van der Waals surface area contributed by atoms with Crippen molar-refractivity contribution >= 4 is 46.6 Å². The van der Waals surface area contributed by atoms with Crippen molar-refractivity contribution in [1.82, 2.24) is 14.8 Å². The Hall–Kier alpha value is -2.69. The fourth-order valence-corrected chi connectivity index (χ4v) is 3.79. The molecule has 0 saturated carbocycles. The number of anilines is 1. The number of nitrogens with zero attached hydrogens (tertiary/aromatic N) is 3. The fourth-order valence-electron chi connectivity index (χ4n) is 2.67. The van der Waals surface area contributed by atoms with Gasteiger partial charge in [-0.2, -0.15) is 13.2 Å². The van der Waals surface area contributed by atoms with Crippen LogP contribution in [0.5, 0.6) is 5.75 Å². The van der Waals surface area contributed by atoms with Crippen LogP contribution in [-0.4, -0.2) is 26.4 Å². The third kappa shape index (κ3) is 6.66. The molecule has 0 bridgehead atoms. The van der Waals surface area contributed by atoms with Crippen molar-refractivity contribution < 1.29 is 22.7 Å². The molecular weight excluding hydrogens is 500 g/mol. The molecule has 0 spiro atoms. The van der Waals surface area contributed by atoms with E-state index in [9.17, 15) is 18.0 Å². The van der Waals surface area contributed by atoms with Crippen LogP contribution >= 0.6 is 35.0 Å². The third-order valence-electron chi connectivity index (χ3n) is 4.19. The smallest absolute Gasteiger partial charge is 0.416 e. The summed E-state index contributed by atoms with van der Waals surface area (Å²) >= 11 is 13.1. The molecule has 3 aromatic rings. The molecule has 0 aliphatic heterocycles. The maximum Gasteiger partial charge on any atom is 0.416 e. The molecule has 1 N–H and O–H groups in total. The number of ether oxygens (including phenoxy) is 1. The van der Waals surface area contributed by atoms with Crippen LogP contribution in [0.25, 0.3) is 0 Å². The van der Waals surface area contributed by atoms with Crippen molar-refractivity contribution in [2.24, 2.45) is 0 Å². The number of thioether (sulfide) groups is 1. The van der Waals surface area contributed by atoms with Gasteiger partial charge in [0.05, 0.1) is 27.0 Å². The van der Waals surface area contributed by atoms with Crippen LogP contribution in [0.4, 0.5) is 18.9 Å². The summed E-state index contributed by atoms with van der Waals surface area (Å²) in [5, 5.41) is 11.7. The molecule has 1 heterocycles. The average Bonchev–Trinajstić information content (AvgIpc) is 3.15. The zero-order valence-corrected chi connectivity index (χ0v) is 19.2. The van der Waals surface area contributed by atoms with E-state index in [0.29, 0.717) is 28.2 Å². The molecule has 0 atom stereocenters. The van der Waals surface area contributed by atoms with E-state index in [1.807, 2.05) is 0 Å². The zero-order chi connectivity index (χ0) is 24.0. The first-order valence-corrected chi connectivity index (χ1v) is 11.1. The van der Waals surface area contributed by atoms with Crippen LogP contribution in [0.15, 0.2) is 60.3 Å². The van der Waals surface area contributed by atoms with Crippen LogP contribution < -0.4 is 10.1 Å². The number of benzene rings is 2. The minimum Gasteiger partial charge on any atom is -0.486 e. The monoisotopic (exact) mass is 516 g/mol. The quantitative estimate of drug-likeness (QED) is 0.275. The SMILES string of the molecule is C=CCn1c(COc2cccc(C(F)(F)F)c2)nnc1SCC(=O)Nc1cccc(Cl)c1Cl. The van der Waals surface area contributed by atoms with Crippen LogP contribution in [0.2, 0.25) is 10.0 Å². The van der Waals surface area contributed by atoms with Gasteiger partial charge < -0.3 is 10.1 Å². The molecular formula is C21H17Cl2F3N4O2S. The second-order valence-electron chi connectivity index (χ2n) is 6.55. The molecule has 0 saturated heterocycles. The molecule has 174 valence electrons. The van der Waals surface area contributed by atoms with Crippen molar-refractivity contribution in [3.05, 3.63) is 76.6 Å². The van der Waals surface area contributed by atoms with E-state index in [4.69, 9.17) is 27.9 Å². The Kier molecular flexibility index (Phi) is 8.28. The highest BCUT2D eigenvalue weighted by Crippen LogP contribution is 2.32. The van der Waals surface area contributed by atoms with Gasteiger partial charge in [-0.3, -0.25) is 9.36 Å². The summed E-state index contributed by atoms with van der Waals surface area (Å²) < 4.78 is 45.8. The van der Waals surface area contributed by atoms with Gasteiger partial charge in [0.2, 0.25) is 5.91 Å². The normalized spacial score (nSPS) is 11.3. The lowest BCUT2D eigenvalue weighted by molar-refractivity contribution is -0.137. The molecule has 0 aliphatic rings. The Labute approximate surface area is 201 Å². The number of aromatic nitrogens is 3. The number of amides is 1. The lowest BCUT2D eigenvalue weighted by atomic mass is 10.2. The van der Waals surface area contributed by atoms with E-state index in [-0.39, 0.29) is 29.0 Å². The second-order valence-corrected chi connectivity index (χ2v) is 8.28. The highest BCUT2D eigenvalue weighted by Gasteiger charge is 2.30. The van der Waals surface area contributed by atoms with Crippen LogP contribution in [-0.2, 0) is 24.1 Å². The Morgan fingerprint density at radius 2 is 1.97 bits per heavy atom. The fraction of sp³-hybridized carbons (Fsp3) is 0.190. The van der Waals surface area contributed by atoms with E-state index in [0.717, 1.165) is 23.9 Å². The summed E-state index contributed by atoms with van der Waals surface area (Å²) in [5.41, 5.74) is -0.424. The molecule has 0 fully saturated rings. The van der Waals surface area contributed by atoms with Crippen molar-refractivity contribution in [2.45, 2.75) is 24.5 Å². The zero-order valence-electron chi connectivity index (χ0n) is 16.9. The minimum absolute atomic E-state index is 0.00655. The van der Waals surface area contributed by atoms with Crippen molar-refractivity contribution in [1.29, 1.82) is 0 Å².